The molecule has 0 aromatic heterocycles. The fourth-order valence-corrected chi connectivity index (χ4v) is 3.07. The van der Waals surface area contributed by atoms with E-state index < -0.39 is 34.7 Å². The van der Waals surface area contributed by atoms with Crippen LogP contribution in [0.15, 0.2) is 48.5 Å². The van der Waals surface area contributed by atoms with Crippen molar-refractivity contribution < 1.29 is 28.8 Å². The Morgan fingerprint density at radius 3 is 2.23 bits per heavy atom. The molecule has 0 heterocycles. The first-order chi connectivity index (χ1) is 14.3. The quantitative estimate of drug-likeness (QED) is 0.384. The zero-order chi connectivity index (χ0) is 22.3. The monoisotopic (exact) mass is 434 g/mol. The van der Waals surface area contributed by atoms with Crippen molar-refractivity contribution in [2.45, 2.75) is 18.4 Å². The van der Waals surface area contributed by atoms with E-state index in [0.717, 1.165) is 7.11 Å². The van der Waals surface area contributed by atoms with Crippen LogP contribution in [0.3, 0.4) is 0 Å². The minimum atomic E-state index is -1.28. The van der Waals surface area contributed by atoms with Gasteiger partial charge in [0.1, 0.15) is 6.04 Å². The molecule has 1 N–H and O–H groups in total. The van der Waals surface area contributed by atoms with Crippen molar-refractivity contribution in [1.82, 2.24) is 5.32 Å². The van der Waals surface area contributed by atoms with Gasteiger partial charge in [-0.25, -0.2) is 4.79 Å². The second-order valence-electron chi connectivity index (χ2n) is 6.19. The molecule has 1 amide bonds. The van der Waals surface area contributed by atoms with Crippen LogP contribution in [0.25, 0.3) is 0 Å². The van der Waals surface area contributed by atoms with Crippen molar-refractivity contribution >= 4 is 35.1 Å². The topological polar surface area (TPSA) is 125 Å². The Balaban J connectivity index is 2.44. The number of methoxy groups -OCH3 is 2. The summed E-state index contributed by atoms with van der Waals surface area (Å²) in [6, 6.07) is 10.3. The van der Waals surface area contributed by atoms with Crippen LogP contribution in [0.1, 0.15) is 28.3 Å². The summed E-state index contributed by atoms with van der Waals surface area (Å²) in [5.41, 5.74) is 0.375. The van der Waals surface area contributed by atoms with E-state index >= 15 is 0 Å². The number of carbonyl (C=O) groups is 3. The summed E-state index contributed by atoms with van der Waals surface area (Å²) in [6.07, 6.45) is -0.281. The Morgan fingerprint density at radius 2 is 1.70 bits per heavy atom. The van der Waals surface area contributed by atoms with E-state index in [1.807, 2.05) is 0 Å². The molecule has 2 rings (SSSR count). The third kappa shape index (κ3) is 5.54. The van der Waals surface area contributed by atoms with Gasteiger partial charge in [0.2, 0.25) is 0 Å². The summed E-state index contributed by atoms with van der Waals surface area (Å²) in [5, 5.41) is 13.6. The summed E-state index contributed by atoms with van der Waals surface area (Å²) in [5.74, 6) is -2.99. The van der Waals surface area contributed by atoms with Gasteiger partial charge < -0.3 is 14.8 Å². The molecule has 0 aliphatic carbocycles. The lowest BCUT2D eigenvalue weighted by Crippen LogP contribution is -2.46. The highest BCUT2D eigenvalue weighted by Crippen LogP contribution is 2.28. The molecule has 0 unspecified atom stereocenters. The molecule has 0 aliphatic rings. The first-order valence-corrected chi connectivity index (χ1v) is 9.10. The maximum atomic E-state index is 12.7. The smallest absolute Gasteiger partial charge is 0.329 e. The number of ether oxygens (including phenoxy) is 2. The van der Waals surface area contributed by atoms with Gasteiger partial charge in [-0.1, -0.05) is 35.9 Å². The van der Waals surface area contributed by atoms with Crippen LogP contribution in [0.5, 0.6) is 0 Å². The van der Waals surface area contributed by atoms with Crippen LogP contribution in [0, 0.1) is 10.1 Å². The van der Waals surface area contributed by atoms with Crippen LogP contribution < -0.4 is 5.32 Å². The highest BCUT2D eigenvalue weighted by molar-refractivity contribution is 6.33. The minimum Gasteiger partial charge on any atom is -0.469 e. The second kappa shape index (κ2) is 10.4. The van der Waals surface area contributed by atoms with Crippen molar-refractivity contribution in [1.29, 1.82) is 0 Å². The number of nitrogens with one attached hydrogen (secondary N) is 1. The molecule has 2 atom stereocenters. The molecule has 0 saturated carbocycles. The molecule has 0 spiro atoms. The van der Waals surface area contributed by atoms with E-state index in [1.54, 1.807) is 12.1 Å². The molecule has 2 aromatic carbocycles. The summed E-state index contributed by atoms with van der Waals surface area (Å²) in [7, 11) is 2.33. The average Bonchev–Trinajstić information content (AvgIpc) is 2.75. The summed E-state index contributed by atoms with van der Waals surface area (Å²) in [6.45, 7) is 0. The van der Waals surface area contributed by atoms with Crippen molar-refractivity contribution in [3.8, 4) is 0 Å². The number of halogens is 1. The molecule has 0 radical (unpaired) electrons. The number of hydrogen-bond acceptors (Lipinski definition) is 7. The maximum absolute atomic E-state index is 12.7. The Morgan fingerprint density at radius 1 is 1.07 bits per heavy atom. The van der Waals surface area contributed by atoms with Gasteiger partial charge in [0.25, 0.3) is 11.6 Å². The highest BCUT2D eigenvalue weighted by Gasteiger charge is 2.34. The van der Waals surface area contributed by atoms with Crippen molar-refractivity contribution in [2.75, 3.05) is 14.2 Å². The molecule has 30 heavy (non-hydrogen) atoms. The van der Waals surface area contributed by atoms with Crippen LogP contribution in [0.4, 0.5) is 5.69 Å². The van der Waals surface area contributed by atoms with E-state index in [0.29, 0.717) is 5.56 Å². The van der Waals surface area contributed by atoms with Crippen LogP contribution >= 0.6 is 11.6 Å². The summed E-state index contributed by atoms with van der Waals surface area (Å²) in [4.78, 5) is 47.5. The van der Waals surface area contributed by atoms with Crippen molar-refractivity contribution in [2.24, 2.45) is 0 Å². The highest BCUT2D eigenvalue weighted by atomic mass is 35.5. The number of carbonyl (C=O) groups excluding carboxylic acids is 3. The number of hydrogen-bond donors (Lipinski definition) is 1. The van der Waals surface area contributed by atoms with Gasteiger partial charge in [-0.3, -0.25) is 19.7 Å². The van der Waals surface area contributed by atoms with Crippen molar-refractivity contribution in [3.05, 3.63) is 74.8 Å². The molecular formula is C20H19ClN2O7. The van der Waals surface area contributed by atoms with E-state index in [1.165, 1.54) is 43.5 Å². The predicted octanol–water partition coefficient (Wildman–Crippen LogP) is 2.87. The molecule has 0 aliphatic heterocycles. The van der Waals surface area contributed by atoms with Crippen molar-refractivity contribution in [3.63, 3.8) is 0 Å². The van der Waals surface area contributed by atoms with Gasteiger partial charge in [0.15, 0.2) is 0 Å². The molecular weight excluding hydrogens is 416 g/mol. The number of non-ortho nitro benzene ring substituents is 1. The van der Waals surface area contributed by atoms with Gasteiger partial charge in [-0.05, 0) is 17.7 Å². The number of benzene rings is 2. The van der Waals surface area contributed by atoms with Crippen LogP contribution in [0.2, 0.25) is 5.02 Å². The Labute approximate surface area is 177 Å². The third-order valence-electron chi connectivity index (χ3n) is 4.41. The van der Waals surface area contributed by atoms with Gasteiger partial charge in [-0.15, -0.1) is 0 Å². The minimum absolute atomic E-state index is 0.133. The van der Waals surface area contributed by atoms with E-state index in [9.17, 15) is 24.5 Å². The third-order valence-corrected chi connectivity index (χ3v) is 4.74. The molecule has 0 saturated heterocycles. The zero-order valence-corrected chi connectivity index (χ0v) is 16.9. The second-order valence-corrected chi connectivity index (χ2v) is 6.60. The number of rotatable bonds is 8. The SMILES string of the molecule is COC(=O)C[C@H](c1ccc([N+](=O)[O-])cc1)[C@H](NC(=O)c1ccccc1Cl)C(=O)OC. The molecule has 0 fully saturated rings. The molecule has 9 nitrogen and oxygen atoms in total. The largest absolute Gasteiger partial charge is 0.469 e. The molecule has 2 aromatic rings. The van der Waals surface area contributed by atoms with Gasteiger partial charge in [-0.2, -0.15) is 0 Å². The fraction of sp³-hybridized carbons (Fsp3) is 0.250. The number of esters is 2. The van der Waals surface area contributed by atoms with Gasteiger partial charge >= 0.3 is 11.9 Å². The lowest BCUT2D eigenvalue weighted by Gasteiger charge is -2.26. The van der Waals surface area contributed by atoms with Gasteiger partial charge in [0.05, 0.1) is 36.1 Å². The van der Waals surface area contributed by atoms with Crippen LogP contribution in [-0.4, -0.2) is 43.0 Å². The summed E-state index contributed by atoms with van der Waals surface area (Å²) < 4.78 is 9.52. The fourth-order valence-electron chi connectivity index (χ4n) is 2.85. The number of nitro groups is 1. The lowest BCUT2D eigenvalue weighted by molar-refractivity contribution is -0.384. The number of amides is 1. The molecule has 158 valence electrons. The van der Waals surface area contributed by atoms with E-state index in [4.69, 9.17) is 21.1 Å². The first-order valence-electron chi connectivity index (χ1n) is 8.72. The first kappa shape index (κ1) is 22.8. The molecule has 0 bridgehead atoms. The number of nitrogens with zero attached hydrogens (tertiary/aromatic N) is 1. The van der Waals surface area contributed by atoms with Gasteiger partial charge in [0, 0.05) is 18.1 Å². The van der Waals surface area contributed by atoms with E-state index in [-0.39, 0.29) is 22.7 Å². The number of nitro benzene ring substituents is 1. The Bertz CT molecular complexity index is 946. The Hall–Kier alpha value is -3.46. The summed E-state index contributed by atoms with van der Waals surface area (Å²) >= 11 is 6.05. The van der Waals surface area contributed by atoms with Crippen LogP contribution in [-0.2, 0) is 19.1 Å². The standard InChI is InChI=1S/C20H19ClN2O7/c1-29-17(24)11-15(12-7-9-13(10-8-12)23(27)28)18(20(26)30-2)22-19(25)14-5-3-4-6-16(14)21/h3-10,15,18H,11H2,1-2H3,(H,22,25)/t15-,18+/m1/s1. The zero-order valence-electron chi connectivity index (χ0n) is 16.2. The van der Waals surface area contributed by atoms with E-state index in [2.05, 4.69) is 5.32 Å². The molecule has 10 heteroatoms. The Kier molecular flexibility index (Phi) is 7.88. The predicted molar refractivity (Wildman–Crippen MR) is 107 cm³/mol. The lowest BCUT2D eigenvalue weighted by atomic mass is 9.88. The maximum Gasteiger partial charge on any atom is 0.329 e. The normalized spacial score (nSPS) is 12.4. The average molecular weight is 435 g/mol.